The van der Waals surface area contributed by atoms with Crippen molar-refractivity contribution in [2.24, 2.45) is 0 Å². The van der Waals surface area contributed by atoms with E-state index in [1.807, 2.05) is 0 Å². The summed E-state index contributed by atoms with van der Waals surface area (Å²) >= 11 is 0. The minimum Gasteiger partial charge on any atom is -0.321 e. The SMILES string of the molecule is CCCCCN([Si](CC)(CC)N(CCC)CCC)[Si](CC)(CC)N(CCC)CCC. The number of unbranched alkanes of at least 4 members (excludes halogenated alkanes) is 2. The molecule has 0 N–H and O–H groups in total. The molecule has 0 unspecified atom stereocenters. The molecule has 0 spiro atoms. The topological polar surface area (TPSA) is 9.72 Å². The highest BCUT2D eigenvalue weighted by Crippen LogP contribution is 2.36. The van der Waals surface area contributed by atoms with E-state index in [2.05, 4.69) is 75.7 Å². The van der Waals surface area contributed by atoms with Crippen molar-refractivity contribution < 1.29 is 0 Å². The maximum absolute atomic E-state index is 3.31. The molecule has 0 aromatic heterocycles. The van der Waals surface area contributed by atoms with Crippen LogP contribution in [-0.2, 0) is 0 Å². The number of rotatable bonds is 20. The lowest BCUT2D eigenvalue weighted by Gasteiger charge is -2.59. The Hall–Kier alpha value is 0.314. The minimum atomic E-state index is -1.71. The number of hydrogen-bond acceptors (Lipinski definition) is 3. The van der Waals surface area contributed by atoms with Crippen LogP contribution in [0.3, 0.4) is 0 Å². The van der Waals surface area contributed by atoms with Crippen molar-refractivity contribution in [2.75, 3.05) is 32.7 Å². The first kappa shape index (κ1) is 30.3. The van der Waals surface area contributed by atoms with Gasteiger partial charge in [-0.2, -0.15) is 0 Å². The van der Waals surface area contributed by atoms with Gasteiger partial charge in [-0.3, -0.25) is 0 Å². The maximum atomic E-state index is 3.31. The smallest absolute Gasteiger partial charge is 0.200 e. The molecule has 0 aliphatic carbocycles. The Kier molecular flexibility index (Phi) is 17.1. The summed E-state index contributed by atoms with van der Waals surface area (Å²) in [5, 5.41) is 0. The van der Waals surface area contributed by atoms with Gasteiger partial charge in [-0.05, 0) is 89.0 Å². The van der Waals surface area contributed by atoms with Crippen LogP contribution < -0.4 is 0 Å². The summed E-state index contributed by atoms with van der Waals surface area (Å²) in [6, 6.07) is 5.54. The normalized spacial score (nSPS) is 13.2. The first-order chi connectivity index (χ1) is 14.5. The predicted octanol–water partition coefficient (Wildman–Crippen LogP) is 7.69. The highest BCUT2D eigenvalue weighted by Gasteiger charge is 2.53. The summed E-state index contributed by atoms with van der Waals surface area (Å²) in [6.07, 6.45) is 9.26. The van der Waals surface area contributed by atoms with Crippen LogP contribution in [0.5, 0.6) is 0 Å². The van der Waals surface area contributed by atoms with E-state index in [4.69, 9.17) is 0 Å². The fraction of sp³-hybridized carbons (Fsp3) is 1.00. The van der Waals surface area contributed by atoms with Gasteiger partial charge in [-0.25, -0.2) is 0 Å². The Morgan fingerprint density at radius 1 is 0.400 bits per heavy atom. The summed E-state index contributed by atoms with van der Waals surface area (Å²) in [4.78, 5) is 0. The Morgan fingerprint density at radius 3 is 0.967 bits per heavy atom. The van der Waals surface area contributed by atoms with Crippen molar-refractivity contribution in [3.63, 3.8) is 0 Å². The monoisotopic (exact) mass is 457 g/mol. The second kappa shape index (κ2) is 16.9. The molecule has 182 valence electrons. The Bertz CT molecular complexity index is 354. The van der Waals surface area contributed by atoms with E-state index in [9.17, 15) is 0 Å². The largest absolute Gasteiger partial charge is 0.321 e. The zero-order valence-corrected chi connectivity index (χ0v) is 24.7. The molecule has 0 saturated heterocycles. The van der Waals surface area contributed by atoms with E-state index in [-0.39, 0.29) is 0 Å². The lowest BCUT2D eigenvalue weighted by Crippen LogP contribution is -2.78. The fourth-order valence-corrected chi connectivity index (χ4v) is 20.5. The van der Waals surface area contributed by atoms with Gasteiger partial charge in [-0.15, -0.1) is 0 Å². The average molecular weight is 458 g/mol. The van der Waals surface area contributed by atoms with Crippen LogP contribution in [0.2, 0.25) is 24.2 Å². The lowest BCUT2D eigenvalue weighted by molar-refractivity contribution is 0.324. The van der Waals surface area contributed by atoms with Gasteiger partial charge in [0.2, 0.25) is 16.8 Å². The van der Waals surface area contributed by atoms with Crippen molar-refractivity contribution in [3.05, 3.63) is 0 Å². The van der Waals surface area contributed by atoms with Crippen molar-refractivity contribution in [1.29, 1.82) is 0 Å². The molecule has 30 heavy (non-hydrogen) atoms. The first-order valence-corrected chi connectivity index (χ1v) is 18.4. The van der Waals surface area contributed by atoms with E-state index >= 15 is 0 Å². The van der Waals surface area contributed by atoms with E-state index in [1.54, 1.807) is 0 Å². The van der Waals surface area contributed by atoms with Crippen molar-refractivity contribution >= 4 is 16.8 Å². The van der Waals surface area contributed by atoms with Gasteiger partial charge >= 0.3 is 0 Å². The van der Waals surface area contributed by atoms with Crippen LogP contribution in [-0.4, -0.2) is 62.9 Å². The number of nitrogens with zero attached hydrogens (tertiary/aromatic N) is 3. The van der Waals surface area contributed by atoms with Crippen LogP contribution >= 0.6 is 0 Å². The standard InChI is InChI=1S/C25H59N3Si2/c1-10-19-20-25-28(29(15-6,16-7)26(21-11-2)22-12-3)30(17-8,18-9)27(23-13-4)24-14-5/h10-25H2,1-9H3. The molecule has 0 bridgehead atoms. The highest BCUT2D eigenvalue weighted by atomic mass is 28.4. The van der Waals surface area contributed by atoms with Gasteiger partial charge in [0.15, 0.2) is 0 Å². The van der Waals surface area contributed by atoms with Crippen LogP contribution in [0.25, 0.3) is 0 Å². The molecule has 0 aliphatic heterocycles. The Labute approximate surface area is 194 Å². The molecule has 0 aliphatic rings. The Balaban J connectivity index is 6.60. The summed E-state index contributed by atoms with van der Waals surface area (Å²) in [5.41, 5.74) is 0. The predicted molar refractivity (Wildman–Crippen MR) is 144 cm³/mol. The quantitative estimate of drug-likeness (QED) is 0.137. The summed E-state index contributed by atoms with van der Waals surface area (Å²) in [6.45, 7) is 28.6. The molecule has 0 atom stereocenters. The van der Waals surface area contributed by atoms with Crippen LogP contribution in [0, 0.1) is 0 Å². The van der Waals surface area contributed by atoms with Crippen molar-refractivity contribution in [1.82, 2.24) is 13.4 Å². The lowest BCUT2D eigenvalue weighted by atomic mass is 10.3. The van der Waals surface area contributed by atoms with E-state index in [1.165, 1.54) is 102 Å². The minimum absolute atomic E-state index is 1.29. The zero-order valence-electron chi connectivity index (χ0n) is 22.7. The summed E-state index contributed by atoms with van der Waals surface area (Å²) < 4.78 is 9.40. The molecular weight excluding hydrogens is 398 g/mol. The summed E-state index contributed by atoms with van der Waals surface area (Å²) in [7, 11) is -3.41. The molecule has 3 nitrogen and oxygen atoms in total. The highest BCUT2D eigenvalue weighted by molar-refractivity contribution is 6.90. The molecule has 0 aromatic rings. The van der Waals surface area contributed by atoms with Crippen molar-refractivity contribution in [2.45, 2.75) is 131 Å². The van der Waals surface area contributed by atoms with Gasteiger partial charge in [0.1, 0.15) is 0 Å². The molecule has 5 heteroatoms. The molecular formula is C25H59N3Si2. The average Bonchev–Trinajstić information content (AvgIpc) is 2.76. The molecule has 0 aromatic carbocycles. The second-order valence-corrected chi connectivity index (χ2v) is 18.8. The summed E-state index contributed by atoms with van der Waals surface area (Å²) in [5.74, 6) is 0. The van der Waals surface area contributed by atoms with Crippen molar-refractivity contribution in [3.8, 4) is 0 Å². The molecule has 0 saturated carbocycles. The third kappa shape index (κ3) is 7.43. The number of hydrogen-bond donors (Lipinski definition) is 0. The fourth-order valence-electron chi connectivity index (χ4n) is 5.96. The third-order valence-electron chi connectivity index (χ3n) is 7.41. The van der Waals surface area contributed by atoms with E-state index < -0.39 is 16.8 Å². The van der Waals surface area contributed by atoms with Gasteiger partial charge in [-0.1, -0.05) is 75.2 Å². The Morgan fingerprint density at radius 2 is 0.733 bits per heavy atom. The van der Waals surface area contributed by atoms with Crippen LogP contribution in [0.1, 0.15) is 107 Å². The van der Waals surface area contributed by atoms with E-state index in [0.717, 1.165) is 0 Å². The second-order valence-electron chi connectivity index (χ2n) is 9.21. The molecule has 0 amide bonds. The van der Waals surface area contributed by atoms with Gasteiger partial charge in [0.05, 0.1) is 0 Å². The maximum Gasteiger partial charge on any atom is 0.200 e. The molecule has 0 radical (unpaired) electrons. The van der Waals surface area contributed by atoms with Crippen LogP contribution in [0.15, 0.2) is 0 Å². The molecule has 0 fully saturated rings. The van der Waals surface area contributed by atoms with Crippen LogP contribution in [0.4, 0.5) is 0 Å². The van der Waals surface area contributed by atoms with Gasteiger partial charge in [0, 0.05) is 0 Å². The first-order valence-electron chi connectivity index (χ1n) is 13.8. The van der Waals surface area contributed by atoms with E-state index in [0.29, 0.717) is 0 Å². The third-order valence-corrected chi connectivity index (χ3v) is 20.1. The van der Waals surface area contributed by atoms with Gasteiger partial charge in [0.25, 0.3) is 0 Å². The molecule has 0 rings (SSSR count). The molecule has 0 heterocycles. The zero-order chi connectivity index (χ0) is 23.0. The van der Waals surface area contributed by atoms with Gasteiger partial charge < -0.3 is 13.4 Å².